The Morgan fingerprint density at radius 3 is 2.78 bits per heavy atom. The number of hydrogen-bond donors (Lipinski definition) is 2. The van der Waals surface area contributed by atoms with E-state index in [1.54, 1.807) is 24.5 Å². The third-order valence-electron chi connectivity index (χ3n) is 5.72. The maximum atomic E-state index is 13.5. The molecular formula is C26H19F2N5O3. The van der Waals surface area contributed by atoms with E-state index < -0.39 is 23.1 Å². The van der Waals surface area contributed by atoms with Crippen molar-refractivity contribution in [1.29, 1.82) is 0 Å². The number of pyridine rings is 3. The summed E-state index contributed by atoms with van der Waals surface area (Å²) in [6, 6.07) is 11.7. The van der Waals surface area contributed by atoms with Crippen molar-refractivity contribution in [1.82, 2.24) is 19.9 Å². The normalized spacial score (nSPS) is 11.1. The van der Waals surface area contributed by atoms with Gasteiger partial charge in [0, 0.05) is 47.2 Å². The van der Waals surface area contributed by atoms with Crippen LogP contribution in [0.4, 0.5) is 8.78 Å². The summed E-state index contributed by atoms with van der Waals surface area (Å²) in [6.45, 7) is -0.0259. The van der Waals surface area contributed by atoms with Crippen molar-refractivity contribution in [3.8, 4) is 11.1 Å². The smallest absolute Gasteiger partial charge is 0.263 e. The van der Waals surface area contributed by atoms with Gasteiger partial charge in [0.05, 0.1) is 6.54 Å². The van der Waals surface area contributed by atoms with Gasteiger partial charge in [0.25, 0.3) is 11.5 Å². The molecule has 5 aromatic rings. The Morgan fingerprint density at radius 1 is 1.08 bits per heavy atom. The number of rotatable bonds is 6. The fourth-order valence-electron chi connectivity index (χ4n) is 4.00. The monoisotopic (exact) mass is 487 g/mol. The maximum absolute atomic E-state index is 13.5. The summed E-state index contributed by atoms with van der Waals surface area (Å²) in [5, 5.41) is 15.8. The third-order valence-corrected chi connectivity index (χ3v) is 5.72. The Morgan fingerprint density at radius 2 is 1.94 bits per heavy atom. The number of benzene rings is 1. The van der Waals surface area contributed by atoms with Crippen LogP contribution in [0, 0.1) is 16.8 Å². The number of halogens is 2. The van der Waals surface area contributed by atoms with Crippen molar-refractivity contribution < 1.29 is 18.3 Å². The molecule has 0 radical (unpaired) electrons. The molecule has 180 valence electrons. The van der Waals surface area contributed by atoms with E-state index in [1.807, 2.05) is 6.07 Å². The number of H-pyrrole nitrogens is 1. The molecule has 0 bridgehead atoms. The SMILES string of the molecule is O=C(NCc1cc(-c2c[nH]c3ncccc23)c[n+]([O-])c1)c1cccn(Cc2ccc(F)c(F)c2)c1=O. The Kier molecular flexibility index (Phi) is 5.99. The Balaban J connectivity index is 1.34. The molecule has 0 saturated heterocycles. The zero-order chi connectivity index (χ0) is 25.2. The van der Waals surface area contributed by atoms with Crippen LogP contribution in [0.2, 0.25) is 0 Å². The molecule has 0 fully saturated rings. The van der Waals surface area contributed by atoms with Crippen LogP contribution in [-0.4, -0.2) is 20.4 Å². The standard InChI is InChI=1S/C26H19F2N5O3/c27-22-6-5-16(10-23(22)28)13-32-8-2-4-20(26(32)35)25(34)31-11-17-9-18(15-33(36)14-17)21-12-30-24-19(21)3-1-7-29-24/h1-10,12,14-15H,11,13H2,(H,29,30)(H,31,34). The van der Waals surface area contributed by atoms with Crippen LogP contribution in [0.25, 0.3) is 22.2 Å². The van der Waals surface area contributed by atoms with Crippen molar-refractivity contribution in [2.45, 2.75) is 13.1 Å². The zero-order valence-corrected chi connectivity index (χ0v) is 18.7. The van der Waals surface area contributed by atoms with Gasteiger partial charge < -0.3 is 20.1 Å². The number of hydrogen-bond acceptors (Lipinski definition) is 4. The van der Waals surface area contributed by atoms with Gasteiger partial charge in [0.2, 0.25) is 0 Å². The van der Waals surface area contributed by atoms with Crippen LogP contribution >= 0.6 is 0 Å². The molecule has 1 aromatic carbocycles. The van der Waals surface area contributed by atoms with Crippen molar-refractivity contribution in [2.75, 3.05) is 0 Å². The predicted molar refractivity (Wildman–Crippen MR) is 128 cm³/mol. The summed E-state index contributed by atoms with van der Waals surface area (Å²) in [7, 11) is 0. The van der Waals surface area contributed by atoms with Gasteiger partial charge in [-0.25, -0.2) is 13.8 Å². The molecule has 0 atom stereocenters. The first kappa shape index (κ1) is 22.9. The first-order valence-corrected chi connectivity index (χ1v) is 11.0. The number of aromatic amines is 1. The molecule has 0 aliphatic rings. The van der Waals surface area contributed by atoms with Crippen molar-refractivity contribution in [3.05, 3.63) is 123 Å². The highest BCUT2D eigenvalue weighted by Gasteiger charge is 2.15. The second-order valence-corrected chi connectivity index (χ2v) is 8.18. The average Bonchev–Trinajstić information content (AvgIpc) is 3.30. The number of carbonyl (C=O) groups excluding carboxylic acids is 1. The molecule has 8 nitrogen and oxygen atoms in total. The molecule has 0 unspecified atom stereocenters. The molecule has 0 spiro atoms. The number of fused-ring (bicyclic) bond motifs is 1. The average molecular weight is 487 g/mol. The largest absolute Gasteiger partial charge is 0.619 e. The molecule has 4 aromatic heterocycles. The summed E-state index contributed by atoms with van der Waals surface area (Å²) >= 11 is 0. The van der Waals surface area contributed by atoms with E-state index in [2.05, 4.69) is 15.3 Å². The Bertz CT molecular complexity index is 1660. The van der Waals surface area contributed by atoms with Crippen molar-refractivity contribution >= 4 is 16.9 Å². The van der Waals surface area contributed by atoms with Gasteiger partial charge >= 0.3 is 0 Å². The highest BCUT2D eigenvalue weighted by Crippen LogP contribution is 2.27. The van der Waals surface area contributed by atoms with Gasteiger partial charge in [-0.3, -0.25) is 9.59 Å². The van der Waals surface area contributed by atoms with Crippen LogP contribution in [0.15, 0.2) is 84.3 Å². The summed E-state index contributed by atoms with van der Waals surface area (Å²) in [5.74, 6) is -2.63. The first-order chi connectivity index (χ1) is 17.4. The molecule has 2 N–H and O–H groups in total. The zero-order valence-electron chi connectivity index (χ0n) is 18.7. The van der Waals surface area contributed by atoms with Gasteiger partial charge in [-0.2, -0.15) is 4.73 Å². The molecule has 36 heavy (non-hydrogen) atoms. The number of amides is 1. The minimum absolute atomic E-state index is 0.00697. The number of nitrogens with one attached hydrogen (secondary N) is 2. The van der Waals surface area contributed by atoms with Crippen molar-refractivity contribution in [3.63, 3.8) is 0 Å². The lowest BCUT2D eigenvalue weighted by atomic mass is 10.1. The summed E-state index contributed by atoms with van der Waals surface area (Å²) in [5.41, 5.74) is 2.33. The lowest BCUT2D eigenvalue weighted by Crippen LogP contribution is -2.33. The fourth-order valence-corrected chi connectivity index (χ4v) is 4.00. The van der Waals surface area contributed by atoms with E-state index in [9.17, 15) is 23.6 Å². The predicted octanol–water partition coefficient (Wildman–Crippen LogP) is 3.28. The van der Waals surface area contributed by atoms with Crippen LogP contribution in [0.3, 0.4) is 0 Å². The first-order valence-electron chi connectivity index (χ1n) is 11.0. The van der Waals surface area contributed by atoms with Gasteiger partial charge in [0.15, 0.2) is 24.0 Å². The Hall–Kier alpha value is -4.86. The summed E-state index contributed by atoms with van der Waals surface area (Å²) in [6.07, 6.45) is 7.64. The number of aromatic nitrogens is 4. The molecule has 0 saturated carbocycles. The van der Waals surface area contributed by atoms with Crippen LogP contribution in [-0.2, 0) is 13.1 Å². The molecule has 0 aliphatic carbocycles. The Labute approximate surface area is 203 Å². The molecular weight excluding hydrogens is 468 g/mol. The van der Waals surface area contributed by atoms with E-state index >= 15 is 0 Å². The topological polar surface area (TPSA) is 107 Å². The van der Waals surface area contributed by atoms with Gasteiger partial charge in [-0.15, -0.1) is 0 Å². The second-order valence-electron chi connectivity index (χ2n) is 8.18. The van der Waals surface area contributed by atoms with Crippen LogP contribution < -0.4 is 15.6 Å². The third kappa shape index (κ3) is 4.56. The molecule has 1 amide bonds. The van der Waals surface area contributed by atoms with E-state index in [0.717, 1.165) is 23.1 Å². The van der Waals surface area contributed by atoms with Crippen molar-refractivity contribution in [2.24, 2.45) is 0 Å². The number of nitrogens with zero attached hydrogens (tertiary/aromatic N) is 3. The fraction of sp³-hybridized carbons (Fsp3) is 0.0769. The molecule has 10 heteroatoms. The lowest BCUT2D eigenvalue weighted by Gasteiger charge is -2.10. The van der Waals surface area contributed by atoms with Crippen LogP contribution in [0.1, 0.15) is 21.5 Å². The van der Waals surface area contributed by atoms with E-state index in [0.29, 0.717) is 27.1 Å². The summed E-state index contributed by atoms with van der Waals surface area (Å²) < 4.78 is 28.6. The quantitative estimate of drug-likeness (QED) is 0.283. The molecule has 0 aliphatic heterocycles. The van der Waals surface area contributed by atoms with Gasteiger partial charge in [-0.05, 0) is 48.0 Å². The minimum atomic E-state index is -1.02. The van der Waals surface area contributed by atoms with Crippen LogP contribution in [0.5, 0.6) is 0 Å². The van der Waals surface area contributed by atoms with E-state index in [4.69, 9.17) is 0 Å². The van der Waals surface area contributed by atoms with Gasteiger partial charge in [-0.1, -0.05) is 6.07 Å². The maximum Gasteiger partial charge on any atom is 0.263 e. The highest BCUT2D eigenvalue weighted by atomic mass is 19.2. The highest BCUT2D eigenvalue weighted by molar-refractivity contribution is 5.94. The molecule has 4 heterocycles. The minimum Gasteiger partial charge on any atom is -0.619 e. The van der Waals surface area contributed by atoms with Gasteiger partial charge in [0.1, 0.15) is 11.2 Å². The summed E-state index contributed by atoms with van der Waals surface area (Å²) in [4.78, 5) is 32.9. The van der Waals surface area contributed by atoms with E-state index in [1.165, 1.54) is 41.4 Å². The second kappa shape index (κ2) is 9.41. The molecule has 5 rings (SSSR count). The lowest BCUT2D eigenvalue weighted by molar-refractivity contribution is -0.605. The van der Waals surface area contributed by atoms with E-state index in [-0.39, 0.29) is 18.7 Å². The number of carbonyl (C=O) groups is 1.